The summed E-state index contributed by atoms with van der Waals surface area (Å²) in [6.45, 7) is 1.41. The third-order valence-corrected chi connectivity index (χ3v) is 5.28. The number of hydrogen-bond acceptors (Lipinski definition) is 5. The van der Waals surface area contributed by atoms with Crippen molar-refractivity contribution in [2.75, 3.05) is 6.61 Å². The predicted molar refractivity (Wildman–Crippen MR) is 117 cm³/mol. The second kappa shape index (κ2) is 11.2. The van der Waals surface area contributed by atoms with Crippen LogP contribution in [0, 0.1) is 0 Å². The van der Waals surface area contributed by atoms with Gasteiger partial charge in [-0.2, -0.15) is 0 Å². The minimum absolute atomic E-state index is 0.235. The highest BCUT2D eigenvalue weighted by molar-refractivity contribution is 5.15. The van der Waals surface area contributed by atoms with E-state index < -0.39 is 18.5 Å². The maximum Gasteiger partial charge on any atom is 0.183 e. The molecule has 31 heavy (non-hydrogen) atoms. The van der Waals surface area contributed by atoms with Crippen LogP contribution in [0.1, 0.15) is 16.7 Å². The molecule has 0 radical (unpaired) electrons. The smallest absolute Gasteiger partial charge is 0.183 e. The van der Waals surface area contributed by atoms with Gasteiger partial charge in [0.15, 0.2) is 6.29 Å². The van der Waals surface area contributed by atoms with Gasteiger partial charge in [-0.3, -0.25) is 0 Å². The molecule has 162 valence electrons. The molecule has 5 heteroatoms. The van der Waals surface area contributed by atoms with E-state index in [0.29, 0.717) is 19.8 Å². The Morgan fingerprint density at radius 1 is 0.613 bits per heavy atom. The van der Waals surface area contributed by atoms with Crippen molar-refractivity contribution in [3.8, 4) is 0 Å². The van der Waals surface area contributed by atoms with E-state index in [2.05, 4.69) is 0 Å². The van der Waals surface area contributed by atoms with Gasteiger partial charge in [0, 0.05) is 0 Å². The van der Waals surface area contributed by atoms with Crippen LogP contribution in [-0.2, 0) is 38.8 Å². The third-order valence-electron chi connectivity index (χ3n) is 5.28. The zero-order chi connectivity index (χ0) is 21.3. The van der Waals surface area contributed by atoms with E-state index in [-0.39, 0.29) is 12.7 Å². The first-order chi connectivity index (χ1) is 15.3. The van der Waals surface area contributed by atoms with Crippen LogP contribution < -0.4 is 0 Å². The summed E-state index contributed by atoms with van der Waals surface area (Å²) in [5.74, 6) is 0. The molecule has 0 unspecified atom stereocenters. The highest BCUT2D eigenvalue weighted by Gasteiger charge is 2.42. The van der Waals surface area contributed by atoms with Crippen molar-refractivity contribution >= 4 is 0 Å². The molecular formula is C26H28O5. The summed E-state index contributed by atoms with van der Waals surface area (Å²) in [7, 11) is 0. The number of benzene rings is 3. The molecule has 0 spiro atoms. The molecule has 3 aromatic carbocycles. The van der Waals surface area contributed by atoms with Crippen molar-refractivity contribution < 1.29 is 24.1 Å². The fourth-order valence-electron chi connectivity index (χ4n) is 3.59. The molecule has 5 nitrogen and oxygen atoms in total. The van der Waals surface area contributed by atoms with Crippen molar-refractivity contribution in [3.05, 3.63) is 108 Å². The van der Waals surface area contributed by atoms with E-state index in [0.717, 1.165) is 16.7 Å². The van der Waals surface area contributed by atoms with E-state index >= 15 is 0 Å². The minimum Gasteiger partial charge on any atom is -0.368 e. The van der Waals surface area contributed by atoms with E-state index in [1.807, 2.05) is 91.0 Å². The Labute approximate surface area is 183 Å². The first-order valence-electron chi connectivity index (χ1n) is 10.6. The van der Waals surface area contributed by atoms with Gasteiger partial charge >= 0.3 is 0 Å². The molecule has 1 aliphatic rings. The van der Waals surface area contributed by atoms with E-state index in [1.165, 1.54) is 0 Å². The van der Waals surface area contributed by atoms with Crippen molar-refractivity contribution in [1.29, 1.82) is 0 Å². The number of aliphatic hydroxyl groups excluding tert-OH is 1. The molecule has 1 N–H and O–H groups in total. The van der Waals surface area contributed by atoms with Crippen LogP contribution >= 0.6 is 0 Å². The summed E-state index contributed by atoms with van der Waals surface area (Å²) in [6, 6.07) is 29.8. The zero-order valence-corrected chi connectivity index (χ0v) is 17.4. The largest absolute Gasteiger partial charge is 0.368 e. The van der Waals surface area contributed by atoms with Gasteiger partial charge in [-0.05, 0) is 16.7 Å². The maximum atomic E-state index is 10.5. The molecule has 0 bridgehead atoms. The second-order valence-corrected chi connectivity index (χ2v) is 7.58. The van der Waals surface area contributed by atoms with Crippen molar-refractivity contribution in [1.82, 2.24) is 0 Å². The molecule has 3 aromatic rings. The monoisotopic (exact) mass is 420 g/mol. The highest BCUT2D eigenvalue weighted by Crippen LogP contribution is 2.25. The van der Waals surface area contributed by atoms with Crippen LogP contribution in [0.3, 0.4) is 0 Å². The van der Waals surface area contributed by atoms with Crippen molar-refractivity contribution in [2.45, 2.75) is 44.4 Å². The zero-order valence-electron chi connectivity index (χ0n) is 17.4. The van der Waals surface area contributed by atoms with Crippen LogP contribution in [0.4, 0.5) is 0 Å². The van der Waals surface area contributed by atoms with E-state index in [4.69, 9.17) is 18.9 Å². The molecule has 0 aromatic heterocycles. The number of aliphatic hydroxyl groups is 1. The fraction of sp³-hybridized carbons (Fsp3) is 0.308. The summed E-state index contributed by atoms with van der Waals surface area (Å²) < 4.78 is 24.1. The number of rotatable bonds is 9. The number of hydrogen-bond donors (Lipinski definition) is 1. The van der Waals surface area contributed by atoms with Gasteiger partial charge in [-0.15, -0.1) is 0 Å². The summed E-state index contributed by atoms with van der Waals surface area (Å²) >= 11 is 0. The lowest BCUT2D eigenvalue weighted by atomic mass is 10.0. The SMILES string of the molecule is O[C@@H]1OC[C@@H](OCc2ccccc2)[C@@H](OCc2ccccc2)[C@H]1OCc1ccccc1. The first kappa shape index (κ1) is 21.7. The molecule has 0 saturated carbocycles. The molecule has 0 amide bonds. The van der Waals surface area contributed by atoms with Crippen molar-refractivity contribution in [3.63, 3.8) is 0 Å². The predicted octanol–water partition coefficient (Wildman–Crippen LogP) is 4.09. The Morgan fingerprint density at radius 3 is 1.52 bits per heavy atom. The number of ether oxygens (including phenoxy) is 4. The Morgan fingerprint density at radius 2 is 1.03 bits per heavy atom. The Balaban J connectivity index is 1.46. The van der Waals surface area contributed by atoms with Gasteiger partial charge in [0.05, 0.1) is 26.4 Å². The fourth-order valence-corrected chi connectivity index (χ4v) is 3.59. The third kappa shape index (κ3) is 6.23. The summed E-state index contributed by atoms with van der Waals surface area (Å²) in [6.07, 6.45) is -2.59. The average molecular weight is 421 g/mol. The van der Waals surface area contributed by atoms with Gasteiger partial charge in [-0.1, -0.05) is 91.0 Å². The van der Waals surface area contributed by atoms with Crippen LogP contribution in [0.15, 0.2) is 91.0 Å². The quantitative estimate of drug-likeness (QED) is 0.565. The van der Waals surface area contributed by atoms with E-state index in [1.54, 1.807) is 0 Å². The first-order valence-corrected chi connectivity index (χ1v) is 10.6. The van der Waals surface area contributed by atoms with Gasteiger partial charge in [0.25, 0.3) is 0 Å². The standard InChI is InChI=1S/C26H28O5/c27-26-25(30-18-22-14-8-3-9-15-22)24(29-17-21-12-6-2-7-13-21)23(19-31-26)28-16-20-10-4-1-5-11-20/h1-15,23-27H,16-19H2/t23-,24-,25-,26-/m1/s1. The Hall–Kier alpha value is -2.54. The molecule has 1 fully saturated rings. The molecule has 4 atom stereocenters. The van der Waals surface area contributed by atoms with Gasteiger partial charge in [0.1, 0.15) is 18.3 Å². The van der Waals surface area contributed by atoms with E-state index in [9.17, 15) is 5.11 Å². The van der Waals surface area contributed by atoms with Gasteiger partial charge in [0.2, 0.25) is 0 Å². The maximum absolute atomic E-state index is 10.5. The summed E-state index contributed by atoms with van der Waals surface area (Å²) in [5.41, 5.74) is 3.13. The topological polar surface area (TPSA) is 57.2 Å². The Bertz CT molecular complexity index is 887. The van der Waals surface area contributed by atoms with Gasteiger partial charge < -0.3 is 24.1 Å². The van der Waals surface area contributed by atoms with Crippen molar-refractivity contribution in [2.24, 2.45) is 0 Å². The lowest BCUT2D eigenvalue weighted by Crippen LogP contribution is -2.56. The molecule has 1 aliphatic heterocycles. The molecular weight excluding hydrogens is 392 g/mol. The van der Waals surface area contributed by atoms with Crippen LogP contribution in [0.5, 0.6) is 0 Å². The highest BCUT2D eigenvalue weighted by atomic mass is 16.7. The molecule has 1 saturated heterocycles. The molecule has 4 rings (SSSR count). The second-order valence-electron chi connectivity index (χ2n) is 7.58. The molecule has 1 heterocycles. The lowest BCUT2D eigenvalue weighted by molar-refractivity contribution is -0.286. The summed E-state index contributed by atoms with van der Waals surface area (Å²) in [4.78, 5) is 0. The van der Waals surface area contributed by atoms with Crippen LogP contribution in [0.25, 0.3) is 0 Å². The van der Waals surface area contributed by atoms with Crippen LogP contribution in [0.2, 0.25) is 0 Å². The lowest BCUT2D eigenvalue weighted by Gasteiger charge is -2.40. The van der Waals surface area contributed by atoms with Gasteiger partial charge in [-0.25, -0.2) is 0 Å². The average Bonchev–Trinajstić information content (AvgIpc) is 2.83. The minimum atomic E-state index is -1.08. The summed E-state index contributed by atoms with van der Waals surface area (Å²) in [5, 5.41) is 10.5. The molecule has 0 aliphatic carbocycles. The normalized spacial score (nSPS) is 23.5. The Kier molecular flexibility index (Phi) is 7.82. The van der Waals surface area contributed by atoms with Crippen LogP contribution in [-0.4, -0.2) is 36.3 Å².